The van der Waals surface area contributed by atoms with Crippen molar-refractivity contribution in [3.05, 3.63) is 24.3 Å². The number of likely N-dealkylation sites (tertiary alicyclic amines) is 1. The molecule has 2 aliphatic heterocycles. The van der Waals surface area contributed by atoms with Gasteiger partial charge in [0, 0.05) is 25.9 Å². The number of amides is 1. The fraction of sp³-hybridized carbons (Fsp3) is 0.438. The minimum absolute atomic E-state index is 0.0579. The molecule has 9 nitrogen and oxygen atoms in total. The number of ether oxygens (including phenoxy) is 1. The molecule has 0 aliphatic carbocycles. The number of aliphatic carboxylic acids is 1. The molecular weight excluding hydrogens is 328 g/mol. The van der Waals surface area contributed by atoms with Gasteiger partial charge in [-0.1, -0.05) is 12.1 Å². The summed E-state index contributed by atoms with van der Waals surface area (Å²) in [6.45, 7) is 2.64. The lowest BCUT2D eigenvalue weighted by atomic mass is 10.0. The minimum atomic E-state index is -0.833. The number of aromatic nitrogens is 3. The van der Waals surface area contributed by atoms with Gasteiger partial charge in [0.25, 0.3) is 5.97 Å². The van der Waals surface area contributed by atoms with E-state index in [1.54, 1.807) is 4.90 Å². The molecule has 2 aromatic rings. The van der Waals surface area contributed by atoms with Gasteiger partial charge in [0.15, 0.2) is 0 Å². The van der Waals surface area contributed by atoms with E-state index in [0.29, 0.717) is 19.7 Å². The Morgan fingerprint density at radius 2 is 1.84 bits per heavy atom. The molecule has 0 saturated carbocycles. The van der Waals surface area contributed by atoms with E-state index < -0.39 is 5.97 Å². The first-order valence-electron chi connectivity index (χ1n) is 7.88. The second-order valence-electron chi connectivity index (χ2n) is 6.03. The molecule has 132 valence electrons. The maximum atomic E-state index is 12.3. The Bertz CT molecular complexity index is 781. The lowest BCUT2D eigenvalue weighted by Crippen LogP contribution is -2.34. The number of esters is 1. The van der Waals surface area contributed by atoms with E-state index >= 15 is 0 Å². The Labute approximate surface area is 143 Å². The van der Waals surface area contributed by atoms with Crippen LogP contribution in [-0.4, -0.2) is 62.5 Å². The maximum absolute atomic E-state index is 12.3. The monoisotopic (exact) mass is 346 g/mol. The quantitative estimate of drug-likeness (QED) is 0.770. The van der Waals surface area contributed by atoms with Gasteiger partial charge in [0.05, 0.1) is 12.5 Å². The van der Waals surface area contributed by atoms with E-state index in [4.69, 9.17) is 14.6 Å². The maximum Gasteiger partial charge on any atom is 0.311 e. The number of cyclic esters (lactones) is 1. The number of carboxylic acids is 1. The van der Waals surface area contributed by atoms with Crippen molar-refractivity contribution in [1.82, 2.24) is 19.9 Å². The molecule has 0 unspecified atom stereocenters. The first-order chi connectivity index (χ1) is 11.9. The zero-order valence-electron chi connectivity index (χ0n) is 13.7. The number of fused-ring (bicyclic) bond motifs is 2. The molecule has 2 aliphatic rings. The molecule has 2 fully saturated rings. The Hall–Kier alpha value is -2.97. The van der Waals surface area contributed by atoms with Crippen LogP contribution in [0.1, 0.15) is 6.92 Å². The molecule has 0 bridgehead atoms. The lowest BCUT2D eigenvalue weighted by Gasteiger charge is -2.16. The number of hydrogen-bond acceptors (Lipinski definition) is 6. The smallest absolute Gasteiger partial charge is 0.311 e. The standard InChI is InChI=1S/C14H14N4O3.C2H4O2/c19-13(17-5-9-8-21-14(20)10(9)6-17)7-18-15-11-3-1-2-4-12(11)16-18;1-2(3)4/h1-4,9-10H,5-8H2;1H3,(H,3,4)/t9-,10-;/m1./s1. The van der Waals surface area contributed by atoms with Crippen LogP contribution in [0.4, 0.5) is 0 Å². The Kier molecular flexibility index (Phi) is 4.64. The first kappa shape index (κ1) is 16.9. The van der Waals surface area contributed by atoms with Crippen molar-refractivity contribution < 1.29 is 24.2 Å². The van der Waals surface area contributed by atoms with Crippen molar-refractivity contribution in [3.63, 3.8) is 0 Å². The number of carbonyl (C=O) groups excluding carboxylic acids is 2. The summed E-state index contributed by atoms with van der Waals surface area (Å²) in [5, 5.41) is 16.0. The summed E-state index contributed by atoms with van der Waals surface area (Å²) in [6, 6.07) is 7.49. The molecule has 9 heteroatoms. The summed E-state index contributed by atoms with van der Waals surface area (Å²) in [5.41, 5.74) is 1.54. The highest BCUT2D eigenvalue weighted by molar-refractivity contribution is 5.81. The predicted octanol–water partition coefficient (Wildman–Crippen LogP) is 0.154. The van der Waals surface area contributed by atoms with Gasteiger partial charge in [0.2, 0.25) is 5.91 Å². The zero-order valence-corrected chi connectivity index (χ0v) is 13.7. The van der Waals surface area contributed by atoms with E-state index in [9.17, 15) is 9.59 Å². The third-order valence-electron chi connectivity index (χ3n) is 4.14. The fourth-order valence-electron chi connectivity index (χ4n) is 3.00. The summed E-state index contributed by atoms with van der Waals surface area (Å²) >= 11 is 0. The summed E-state index contributed by atoms with van der Waals surface area (Å²) in [7, 11) is 0. The number of benzene rings is 1. The van der Waals surface area contributed by atoms with Crippen molar-refractivity contribution >= 4 is 28.9 Å². The van der Waals surface area contributed by atoms with Gasteiger partial charge in [-0.2, -0.15) is 15.0 Å². The van der Waals surface area contributed by atoms with Crippen LogP contribution < -0.4 is 0 Å². The van der Waals surface area contributed by atoms with Crippen molar-refractivity contribution in [1.29, 1.82) is 0 Å². The van der Waals surface area contributed by atoms with E-state index in [1.807, 2.05) is 24.3 Å². The number of nitrogens with zero attached hydrogens (tertiary/aromatic N) is 4. The SMILES string of the molecule is CC(=O)O.O=C1OC[C@H]2CN(C(=O)Cn3nc4ccccc4n3)C[C@@H]12. The summed E-state index contributed by atoms with van der Waals surface area (Å²) in [6.07, 6.45) is 0. The van der Waals surface area contributed by atoms with Crippen LogP contribution in [-0.2, 0) is 25.7 Å². The molecule has 0 spiro atoms. The van der Waals surface area contributed by atoms with Crippen molar-refractivity contribution in [2.45, 2.75) is 13.5 Å². The highest BCUT2D eigenvalue weighted by atomic mass is 16.5. The second kappa shape index (κ2) is 6.88. The van der Waals surface area contributed by atoms with Crippen LogP contribution in [0.25, 0.3) is 11.0 Å². The van der Waals surface area contributed by atoms with Crippen molar-refractivity contribution in [2.24, 2.45) is 11.8 Å². The number of hydrogen-bond donors (Lipinski definition) is 1. The average Bonchev–Trinajstić information content (AvgIpc) is 3.22. The molecule has 1 N–H and O–H groups in total. The van der Waals surface area contributed by atoms with Crippen molar-refractivity contribution in [3.8, 4) is 0 Å². The average molecular weight is 346 g/mol. The van der Waals surface area contributed by atoms with Crippen LogP contribution in [0.3, 0.4) is 0 Å². The minimum Gasteiger partial charge on any atom is -0.481 e. The van der Waals surface area contributed by atoms with Crippen LogP contribution in [0.5, 0.6) is 0 Å². The fourth-order valence-corrected chi connectivity index (χ4v) is 3.00. The summed E-state index contributed by atoms with van der Waals surface area (Å²) < 4.78 is 5.00. The molecule has 0 radical (unpaired) electrons. The van der Waals surface area contributed by atoms with E-state index in [0.717, 1.165) is 18.0 Å². The second-order valence-corrected chi connectivity index (χ2v) is 6.03. The Morgan fingerprint density at radius 1 is 1.24 bits per heavy atom. The zero-order chi connectivity index (χ0) is 18.0. The topological polar surface area (TPSA) is 115 Å². The van der Waals surface area contributed by atoms with Gasteiger partial charge in [-0.25, -0.2) is 0 Å². The summed E-state index contributed by atoms with van der Waals surface area (Å²) in [5.74, 6) is -1.08. The van der Waals surface area contributed by atoms with E-state index in [2.05, 4.69) is 10.2 Å². The van der Waals surface area contributed by atoms with Gasteiger partial charge < -0.3 is 14.7 Å². The van der Waals surface area contributed by atoms with Gasteiger partial charge in [-0.3, -0.25) is 14.4 Å². The number of rotatable bonds is 2. The molecule has 1 amide bonds. The highest BCUT2D eigenvalue weighted by Gasteiger charge is 2.45. The largest absolute Gasteiger partial charge is 0.481 e. The molecule has 3 heterocycles. The Balaban J connectivity index is 0.000000415. The van der Waals surface area contributed by atoms with Gasteiger partial charge in [0.1, 0.15) is 17.6 Å². The molecule has 25 heavy (non-hydrogen) atoms. The molecule has 4 rings (SSSR count). The molecule has 2 atom stereocenters. The van der Waals surface area contributed by atoms with Gasteiger partial charge in [-0.15, -0.1) is 0 Å². The van der Waals surface area contributed by atoms with E-state index in [-0.39, 0.29) is 30.3 Å². The predicted molar refractivity (Wildman–Crippen MR) is 85.4 cm³/mol. The highest BCUT2D eigenvalue weighted by Crippen LogP contribution is 2.30. The van der Waals surface area contributed by atoms with Crippen molar-refractivity contribution in [2.75, 3.05) is 19.7 Å². The third-order valence-corrected chi connectivity index (χ3v) is 4.14. The van der Waals surface area contributed by atoms with Gasteiger partial charge in [-0.05, 0) is 12.1 Å². The van der Waals surface area contributed by atoms with Crippen LogP contribution in [0.2, 0.25) is 0 Å². The summed E-state index contributed by atoms with van der Waals surface area (Å²) in [4.78, 5) is 35.9. The van der Waals surface area contributed by atoms with Crippen LogP contribution in [0, 0.1) is 11.8 Å². The molecular formula is C16H18N4O5. The molecule has 2 saturated heterocycles. The third kappa shape index (κ3) is 3.76. The van der Waals surface area contributed by atoms with Crippen LogP contribution >= 0.6 is 0 Å². The molecule has 1 aromatic carbocycles. The normalized spacial score (nSPS) is 21.5. The Morgan fingerprint density at radius 3 is 2.40 bits per heavy atom. The van der Waals surface area contributed by atoms with E-state index in [1.165, 1.54) is 4.80 Å². The van der Waals surface area contributed by atoms with Crippen LogP contribution in [0.15, 0.2) is 24.3 Å². The lowest BCUT2D eigenvalue weighted by molar-refractivity contribution is -0.142. The number of carboxylic acid groups (broad SMARTS) is 1. The number of carbonyl (C=O) groups is 3. The molecule has 1 aromatic heterocycles. The first-order valence-corrected chi connectivity index (χ1v) is 7.88. The van der Waals surface area contributed by atoms with Gasteiger partial charge >= 0.3 is 5.97 Å².